The molecule has 0 saturated heterocycles. The molecule has 1 rings (SSSR count). The van der Waals surface area contributed by atoms with Crippen LogP contribution in [0.25, 0.3) is 0 Å². The quantitative estimate of drug-likeness (QED) is 0.458. The maximum absolute atomic E-state index is 13.2. The molecule has 80 valence electrons. The summed E-state index contributed by atoms with van der Waals surface area (Å²) in [5.74, 6) is -0.614. The van der Waals surface area contributed by atoms with Crippen LogP contribution in [0.2, 0.25) is 5.02 Å². The van der Waals surface area contributed by atoms with E-state index in [1.807, 2.05) is 13.8 Å². The van der Waals surface area contributed by atoms with Crippen molar-refractivity contribution >= 4 is 35.1 Å². The van der Waals surface area contributed by atoms with Crippen molar-refractivity contribution in [3.8, 4) is 0 Å². The van der Waals surface area contributed by atoms with E-state index in [0.717, 1.165) is 6.07 Å². The van der Waals surface area contributed by atoms with Crippen LogP contribution in [0.1, 0.15) is 13.8 Å². The molecule has 0 atom stereocenters. The van der Waals surface area contributed by atoms with Gasteiger partial charge in [0, 0.05) is 10.1 Å². The number of isocyanates is 1. The van der Waals surface area contributed by atoms with Crippen LogP contribution in [0.15, 0.2) is 22.0 Å². The monoisotopic (exact) mass is 245 g/mol. The van der Waals surface area contributed by atoms with Crippen molar-refractivity contribution in [1.82, 2.24) is 0 Å². The third kappa shape index (κ3) is 3.34. The van der Waals surface area contributed by atoms with E-state index in [4.69, 9.17) is 11.6 Å². The van der Waals surface area contributed by atoms with Gasteiger partial charge in [0.25, 0.3) is 0 Å². The van der Waals surface area contributed by atoms with Gasteiger partial charge in [-0.15, -0.1) is 11.8 Å². The highest BCUT2D eigenvalue weighted by Gasteiger charge is 2.09. The first-order chi connectivity index (χ1) is 7.04. The lowest BCUT2D eigenvalue weighted by atomic mass is 10.3. The van der Waals surface area contributed by atoms with Crippen LogP contribution in [0, 0.1) is 5.82 Å². The molecule has 0 aliphatic heterocycles. The van der Waals surface area contributed by atoms with Gasteiger partial charge in [-0.25, -0.2) is 9.18 Å². The van der Waals surface area contributed by atoms with Crippen molar-refractivity contribution in [2.45, 2.75) is 24.0 Å². The van der Waals surface area contributed by atoms with Crippen molar-refractivity contribution < 1.29 is 9.18 Å². The van der Waals surface area contributed by atoms with Gasteiger partial charge in [-0.3, -0.25) is 0 Å². The van der Waals surface area contributed by atoms with Gasteiger partial charge in [0.1, 0.15) is 5.69 Å². The summed E-state index contributed by atoms with van der Waals surface area (Å²) in [5.41, 5.74) is -0.0300. The smallest absolute Gasteiger partial charge is 0.211 e. The number of halogens is 2. The predicted octanol–water partition coefficient (Wildman–Crippen LogP) is 3.95. The van der Waals surface area contributed by atoms with Crippen LogP contribution in [-0.2, 0) is 4.79 Å². The van der Waals surface area contributed by atoms with Crippen molar-refractivity contribution in [3.05, 3.63) is 23.0 Å². The molecule has 0 N–H and O–H groups in total. The van der Waals surface area contributed by atoms with Crippen molar-refractivity contribution in [2.75, 3.05) is 0 Å². The molecule has 0 radical (unpaired) electrons. The zero-order chi connectivity index (χ0) is 11.4. The molecule has 0 aliphatic rings. The molecule has 1 aromatic rings. The lowest BCUT2D eigenvalue weighted by molar-refractivity contribution is 0.564. The van der Waals surface area contributed by atoms with E-state index >= 15 is 0 Å². The fourth-order valence-electron chi connectivity index (χ4n) is 0.997. The van der Waals surface area contributed by atoms with Gasteiger partial charge < -0.3 is 0 Å². The van der Waals surface area contributed by atoms with E-state index in [1.54, 1.807) is 0 Å². The molecule has 1 aromatic carbocycles. The Hall–Kier alpha value is -0.830. The topological polar surface area (TPSA) is 29.4 Å². The Morgan fingerprint density at radius 1 is 1.53 bits per heavy atom. The van der Waals surface area contributed by atoms with E-state index in [1.165, 1.54) is 23.9 Å². The molecule has 0 aromatic heterocycles. The molecule has 2 nitrogen and oxygen atoms in total. The first-order valence-electron chi connectivity index (χ1n) is 4.28. The highest BCUT2D eigenvalue weighted by atomic mass is 35.5. The Bertz CT molecular complexity index is 416. The maximum atomic E-state index is 13.2. The minimum atomic E-state index is -0.614. The van der Waals surface area contributed by atoms with Crippen LogP contribution in [0.3, 0.4) is 0 Å². The molecule has 0 amide bonds. The van der Waals surface area contributed by atoms with Crippen LogP contribution in [0.5, 0.6) is 0 Å². The van der Waals surface area contributed by atoms with Crippen LogP contribution in [0.4, 0.5) is 10.1 Å². The molecule has 0 bridgehead atoms. The fourth-order valence-corrected chi connectivity index (χ4v) is 2.14. The molecule has 0 heterocycles. The maximum Gasteiger partial charge on any atom is 0.240 e. The van der Waals surface area contributed by atoms with E-state index < -0.39 is 5.82 Å². The van der Waals surface area contributed by atoms with Gasteiger partial charge in [0.05, 0.1) is 5.02 Å². The summed E-state index contributed by atoms with van der Waals surface area (Å²) in [5, 5.41) is 0.650. The number of hydrogen-bond donors (Lipinski definition) is 0. The Morgan fingerprint density at radius 2 is 2.20 bits per heavy atom. The number of nitrogens with zero attached hydrogens (tertiary/aromatic N) is 1. The first kappa shape index (κ1) is 12.2. The third-order valence-corrected chi connectivity index (χ3v) is 3.02. The first-order valence-corrected chi connectivity index (χ1v) is 5.54. The van der Waals surface area contributed by atoms with E-state index in [-0.39, 0.29) is 5.69 Å². The Kier molecular flexibility index (Phi) is 4.33. The van der Waals surface area contributed by atoms with Crippen LogP contribution in [-0.4, -0.2) is 11.3 Å². The lowest BCUT2D eigenvalue weighted by Crippen LogP contribution is -1.88. The number of thioether (sulfide) groups is 1. The molecule has 0 saturated carbocycles. The number of hydrogen-bond acceptors (Lipinski definition) is 3. The average Bonchev–Trinajstić information content (AvgIpc) is 2.12. The molecule has 5 heteroatoms. The van der Waals surface area contributed by atoms with Gasteiger partial charge in [-0.1, -0.05) is 25.4 Å². The third-order valence-electron chi connectivity index (χ3n) is 1.53. The van der Waals surface area contributed by atoms with Crippen LogP contribution < -0.4 is 0 Å². The van der Waals surface area contributed by atoms with Crippen molar-refractivity contribution in [3.63, 3.8) is 0 Å². The van der Waals surface area contributed by atoms with Crippen molar-refractivity contribution in [2.24, 2.45) is 4.99 Å². The second-order valence-corrected chi connectivity index (χ2v) is 5.13. The van der Waals surface area contributed by atoms with Gasteiger partial charge >= 0.3 is 0 Å². The number of carbonyl (C=O) groups excluding carboxylic acids is 1. The summed E-state index contributed by atoms with van der Waals surface area (Å²) in [6.07, 6.45) is 1.31. The summed E-state index contributed by atoms with van der Waals surface area (Å²) < 4.78 is 13.2. The Labute approximate surface area is 96.5 Å². The van der Waals surface area contributed by atoms with Gasteiger partial charge in [0.15, 0.2) is 5.82 Å². The predicted molar refractivity (Wildman–Crippen MR) is 60.2 cm³/mol. The molecular weight excluding hydrogens is 237 g/mol. The largest absolute Gasteiger partial charge is 0.240 e. The minimum Gasteiger partial charge on any atom is -0.211 e. The van der Waals surface area contributed by atoms with E-state index in [0.29, 0.717) is 15.2 Å². The fraction of sp³-hybridized carbons (Fsp3) is 0.300. The molecule has 0 aliphatic carbocycles. The average molecular weight is 246 g/mol. The number of benzene rings is 1. The second kappa shape index (κ2) is 5.31. The van der Waals surface area contributed by atoms with E-state index in [9.17, 15) is 9.18 Å². The standard InChI is InChI=1S/C10H9ClFNOS/c1-6(2)15-10-4-9(13-5-14)8(12)3-7(10)11/h3-4,6H,1-2H3. The molecule has 0 fully saturated rings. The summed E-state index contributed by atoms with van der Waals surface area (Å²) in [6, 6.07) is 2.61. The zero-order valence-electron chi connectivity index (χ0n) is 8.25. The number of aliphatic imine (C=N–C) groups is 1. The normalized spacial score (nSPS) is 10.2. The molecule has 15 heavy (non-hydrogen) atoms. The lowest BCUT2D eigenvalue weighted by Gasteiger charge is -2.07. The zero-order valence-corrected chi connectivity index (χ0v) is 9.82. The van der Waals surface area contributed by atoms with Gasteiger partial charge in [-0.05, 0) is 12.1 Å². The van der Waals surface area contributed by atoms with E-state index in [2.05, 4.69) is 4.99 Å². The number of rotatable bonds is 3. The summed E-state index contributed by atoms with van der Waals surface area (Å²) in [7, 11) is 0. The molecule has 0 unspecified atom stereocenters. The summed E-state index contributed by atoms with van der Waals surface area (Å²) in [4.78, 5) is 14.0. The molecule has 0 spiro atoms. The highest BCUT2D eigenvalue weighted by molar-refractivity contribution is 8.00. The summed E-state index contributed by atoms with van der Waals surface area (Å²) >= 11 is 7.33. The summed E-state index contributed by atoms with van der Waals surface area (Å²) in [6.45, 7) is 3.99. The SMILES string of the molecule is CC(C)Sc1cc(N=C=O)c(F)cc1Cl. The van der Waals surface area contributed by atoms with Gasteiger partial charge in [0.2, 0.25) is 6.08 Å². The Morgan fingerprint density at radius 3 is 2.73 bits per heavy atom. The minimum absolute atomic E-state index is 0.0300. The Balaban J connectivity index is 3.16. The highest BCUT2D eigenvalue weighted by Crippen LogP contribution is 2.34. The second-order valence-electron chi connectivity index (χ2n) is 3.10. The molecular formula is C10H9ClFNOS. The van der Waals surface area contributed by atoms with Gasteiger partial charge in [-0.2, -0.15) is 4.99 Å². The van der Waals surface area contributed by atoms with Crippen molar-refractivity contribution in [1.29, 1.82) is 0 Å². The van der Waals surface area contributed by atoms with Crippen LogP contribution >= 0.6 is 23.4 Å².